The summed E-state index contributed by atoms with van der Waals surface area (Å²) in [5.74, 6) is 0. The third-order valence-corrected chi connectivity index (χ3v) is 2.44. The van der Waals surface area contributed by atoms with Gasteiger partial charge in [-0.05, 0) is 12.8 Å². The Bertz CT molecular complexity index is 217. The van der Waals surface area contributed by atoms with Gasteiger partial charge in [-0.3, -0.25) is 20.2 Å². The van der Waals surface area contributed by atoms with E-state index in [-0.39, 0.29) is 25.7 Å². The first kappa shape index (κ1) is 9.85. The third kappa shape index (κ3) is 1.59. The first-order valence-electron chi connectivity index (χ1n) is 3.96. The molecule has 0 saturated heterocycles. The Labute approximate surface area is 73.7 Å². The fourth-order valence-corrected chi connectivity index (χ4v) is 1.50. The largest absolute Gasteiger partial charge is 0.458 e. The molecule has 0 heterocycles. The van der Waals surface area contributed by atoms with Crippen LogP contribution in [0.3, 0.4) is 0 Å². The number of hydrogen-bond acceptors (Lipinski definition) is 5. The van der Waals surface area contributed by atoms with Gasteiger partial charge in [-0.1, -0.05) is 0 Å². The molecule has 13 heavy (non-hydrogen) atoms. The summed E-state index contributed by atoms with van der Waals surface area (Å²) in [6.45, 7) is 0. The normalized spacial score (nSPS) is 22.5. The molecule has 0 aliphatic heterocycles. The molecule has 74 valence electrons. The molecule has 1 saturated carbocycles. The summed E-state index contributed by atoms with van der Waals surface area (Å²) in [6, 6.07) is 0. The molecule has 7 heteroatoms. The number of aliphatic hydroxyl groups excluding tert-OH is 1. The fourth-order valence-electron chi connectivity index (χ4n) is 1.50. The maximum atomic E-state index is 10.5. The summed E-state index contributed by atoms with van der Waals surface area (Å²) < 4.78 is 0. The van der Waals surface area contributed by atoms with E-state index < -0.39 is 21.6 Å². The number of aliphatic hydroxyl groups is 1. The molecule has 1 aliphatic carbocycles. The van der Waals surface area contributed by atoms with Crippen LogP contribution in [0, 0.1) is 20.2 Å². The quantitative estimate of drug-likeness (QED) is 0.379. The van der Waals surface area contributed by atoms with Crippen LogP contribution in [0.1, 0.15) is 25.7 Å². The lowest BCUT2D eigenvalue weighted by atomic mass is 9.88. The molecule has 0 unspecified atom stereocenters. The van der Waals surface area contributed by atoms with Gasteiger partial charge in [-0.15, -0.1) is 0 Å². The third-order valence-electron chi connectivity index (χ3n) is 2.44. The highest BCUT2D eigenvalue weighted by Gasteiger charge is 2.57. The Kier molecular flexibility index (Phi) is 2.46. The molecule has 1 aliphatic rings. The smallest absolute Gasteiger partial charge is 0.393 e. The van der Waals surface area contributed by atoms with Gasteiger partial charge in [-0.25, -0.2) is 0 Å². The van der Waals surface area contributed by atoms with Crippen LogP contribution in [0.5, 0.6) is 0 Å². The molecular weight excluding hydrogens is 180 g/mol. The maximum Gasteiger partial charge on any atom is 0.458 e. The van der Waals surface area contributed by atoms with E-state index in [0.29, 0.717) is 0 Å². The minimum Gasteiger partial charge on any atom is -0.393 e. The zero-order chi connectivity index (χ0) is 10.1. The lowest BCUT2D eigenvalue weighted by Crippen LogP contribution is -2.49. The topological polar surface area (TPSA) is 107 Å². The number of hydrogen-bond donors (Lipinski definition) is 1. The highest BCUT2D eigenvalue weighted by Crippen LogP contribution is 2.31. The van der Waals surface area contributed by atoms with Crippen LogP contribution in [0.25, 0.3) is 0 Å². The summed E-state index contributed by atoms with van der Waals surface area (Å²) in [6.07, 6.45) is -0.750. The Morgan fingerprint density at radius 1 is 1.15 bits per heavy atom. The van der Waals surface area contributed by atoms with Crippen molar-refractivity contribution in [1.82, 2.24) is 0 Å². The number of nitrogens with zero attached hydrogens (tertiary/aromatic N) is 2. The lowest BCUT2D eigenvalue weighted by molar-refractivity contribution is -0.801. The Hall–Kier alpha value is -1.24. The zero-order valence-electron chi connectivity index (χ0n) is 6.88. The SMILES string of the molecule is O=[N+]([O-])C1([N+](=O)[O-])CCC(O)CC1. The minimum atomic E-state index is -2.06. The molecule has 0 atom stereocenters. The first-order chi connectivity index (χ1) is 5.99. The van der Waals surface area contributed by atoms with Gasteiger partial charge in [-0.2, -0.15) is 0 Å². The van der Waals surface area contributed by atoms with Crippen molar-refractivity contribution in [1.29, 1.82) is 0 Å². The first-order valence-corrected chi connectivity index (χ1v) is 3.96. The predicted molar refractivity (Wildman–Crippen MR) is 41.2 cm³/mol. The van der Waals surface area contributed by atoms with E-state index in [1.165, 1.54) is 0 Å². The average molecular weight is 190 g/mol. The van der Waals surface area contributed by atoms with E-state index in [2.05, 4.69) is 0 Å². The standard InChI is InChI=1S/C6H10N2O5/c9-5-1-3-6(4-2-5,7(10)11)8(12)13/h5,9H,1-4H2. The lowest BCUT2D eigenvalue weighted by Gasteiger charge is -2.24. The van der Waals surface area contributed by atoms with Gasteiger partial charge in [0.1, 0.15) is 0 Å². The van der Waals surface area contributed by atoms with Crippen molar-refractivity contribution in [3.63, 3.8) is 0 Å². The number of nitro groups is 2. The maximum absolute atomic E-state index is 10.5. The van der Waals surface area contributed by atoms with E-state index in [1.807, 2.05) is 0 Å². The second-order valence-electron chi connectivity index (χ2n) is 3.23. The van der Waals surface area contributed by atoms with E-state index in [4.69, 9.17) is 5.11 Å². The molecule has 1 fully saturated rings. The molecule has 7 nitrogen and oxygen atoms in total. The Morgan fingerprint density at radius 2 is 1.54 bits per heavy atom. The predicted octanol–water partition coefficient (Wildman–Crippen LogP) is 0.171. The highest BCUT2D eigenvalue weighted by molar-refractivity contribution is 4.77. The van der Waals surface area contributed by atoms with Crippen LogP contribution in [0.4, 0.5) is 0 Å². The summed E-state index contributed by atoms with van der Waals surface area (Å²) >= 11 is 0. The zero-order valence-corrected chi connectivity index (χ0v) is 6.88. The van der Waals surface area contributed by atoms with Crippen LogP contribution < -0.4 is 0 Å². The molecule has 0 bridgehead atoms. The van der Waals surface area contributed by atoms with Crippen molar-refractivity contribution < 1.29 is 15.0 Å². The number of rotatable bonds is 2. The van der Waals surface area contributed by atoms with Gasteiger partial charge in [0.05, 0.1) is 28.8 Å². The van der Waals surface area contributed by atoms with Gasteiger partial charge in [0.15, 0.2) is 0 Å². The van der Waals surface area contributed by atoms with Crippen molar-refractivity contribution >= 4 is 0 Å². The van der Waals surface area contributed by atoms with Crippen molar-refractivity contribution in [2.24, 2.45) is 0 Å². The van der Waals surface area contributed by atoms with Crippen LogP contribution in [-0.4, -0.2) is 26.7 Å². The second kappa shape index (κ2) is 3.25. The Balaban J connectivity index is 2.82. The van der Waals surface area contributed by atoms with Gasteiger partial charge in [0.25, 0.3) is 0 Å². The molecular formula is C6H10N2O5. The van der Waals surface area contributed by atoms with E-state index in [9.17, 15) is 20.2 Å². The molecule has 1 N–H and O–H groups in total. The van der Waals surface area contributed by atoms with Gasteiger partial charge in [0.2, 0.25) is 0 Å². The molecule has 0 aromatic rings. The van der Waals surface area contributed by atoms with Crippen LogP contribution in [0.15, 0.2) is 0 Å². The van der Waals surface area contributed by atoms with Crippen LogP contribution in [-0.2, 0) is 0 Å². The summed E-state index contributed by atoms with van der Waals surface area (Å²) in [5.41, 5.74) is -2.06. The van der Waals surface area contributed by atoms with Gasteiger partial charge in [0, 0.05) is 0 Å². The van der Waals surface area contributed by atoms with E-state index in [1.54, 1.807) is 0 Å². The van der Waals surface area contributed by atoms with E-state index >= 15 is 0 Å². The summed E-state index contributed by atoms with van der Waals surface area (Å²) in [4.78, 5) is 19.3. The average Bonchev–Trinajstić information content (AvgIpc) is 2.04. The van der Waals surface area contributed by atoms with Crippen molar-refractivity contribution in [2.75, 3.05) is 0 Å². The van der Waals surface area contributed by atoms with Gasteiger partial charge >= 0.3 is 5.66 Å². The molecule has 0 aromatic heterocycles. The summed E-state index contributed by atoms with van der Waals surface area (Å²) in [7, 11) is 0. The van der Waals surface area contributed by atoms with Crippen molar-refractivity contribution in [3.8, 4) is 0 Å². The monoisotopic (exact) mass is 190 g/mol. The highest BCUT2D eigenvalue weighted by atomic mass is 16.7. The second-order valence-corrected chi connectivity index (χ2v) is 3.23. The fraction of sp³-hybridized carbons (Fsp3) is 1.00. The van der Waals surface area contributed by atoms with Crippen molar-refractivity contribution in [3.05, 3.63) is 20.2 Å². The Morgan fingerprint density at radius 3 is 1.85 bits per heavy atom. The minimum absolute atomic E-state index is 0.127. The molecule has 1 rings (SSSR count). The molecule has 0 aromatic carbocycles. The van der Waals surface area contributed by atoms with Crippen molar-refractivity contribution in [2.45, 2.75) is 37.5 Å². The van der Waals surface area contributed by atoms with Gasteiger partial charge < -0.3 is 5.11 Å². The van der Waals surface area contributed by atoms with E-state index in [0.717, 1.165) is 0 Å². The molecule has 0 amide bonds. The summed E-state index contributed by atoms with van der Waals surface area (Å²) in [5, 5.41) is 30.1. The molecule has 0 radical (unpaired) electrons. The van der Waals surface area contributed by atoms with Crippen LogP contribution in [0.2, 0.25) is 0 Å². The van der Waals surface area contributed by atoms with Crippen LogP contribution >= 0.6 is 0 Å². The molecule has 0 spiro atoms.